The normalized spacial score (nSPS) is 10.9. The molecule has 4 rings (SSSR count). The van der Waals surface area contributed by atoms with Crippen molar-refractivity contribution >= 4 is 16.7 Å². The van der Waals surface area contributed by atoms with Crippen molar-refractivity contribution in [2.24, 2.45) is 0 Å². The van der Waals surface area contributed by atoms with E-state index < -0.39 is 0 Å². The number of phenols is 1. The largest absolute Gasteiger partial charge is 0.507 e. The van der Waals surface area contributed by atoms with E-state index in [4.69, 9.17) is 5.73 Å². The smallest absolute Gasteiger partial charge is 0.261 e. The van der Waals surface area contributed by atoms with Crippen molar-refractivity contribution in [2.75, 3.05) is 5.73 Å². The van der Waals surface area contributed by atoms with E-state index in [1.807, 2.05) is 42.5 Å². The first-order valence-electron chi connectivity index (χ1n) is 7.68. The molecule has 0 aliphatic heterocycles. The van der Waals surface area contributed by atoms with Crippen molar-refractivity contribution < 1.29 is 5.11 Å². The minimum absolute atomic E-state index is 0.0669. The van der Waals surface area contributed by atoms with Gasteiger partial charge in [0.15, 0.2) is 5.82 Å². The maximum Gasteiger partial charge on any atom is 0.261 e. The Morgan fingerprint density at radius 3 is 2.48 bits per heavy atom. The lowest BCUT2D eigenvalue weighted by atomic mass is 10.0. The number of rotatable bonds is 2. The lowest BCUT2D eigenvalue weighted by Crippen LogP contribution is -2.10. The molecular formula is C19H14N4O2. The number of H-pyrrole nitrogens is 1. The third kappa shape index (κ3) is 2.49. The molecule has 0 aliphatic rings. The van der Waals surface area contributed by atoms with Crippen molar-refractivity contribution in [3.8, 4) is 28.3 Å². The Bertz CT molecular complexity index is 1140. The van der Waals surface area contributed by atoms with Gasteiger partial charge in [-0.1, -0.05) is 42.5 Å². The van der Waals surface area contributed by atoms with Crippen LogP contribution in [0.5, 0.6) is 5.75 Å². The van der Waals surface area contributed by atoms with Gasteiger partial charge in [0.1, 0.15) is 17.0 Å². The van der Waals surface area contributed by atoms with E-state index in [0.717, 1.165) is 5.56 Å². The van der Waals surface area contributed by atoms with Crippen LogP contribution in [0.15, 0.2) is 65.6 Å². The van der Waals surface area contributed by atoms with E-state index in [9.17, 15) is 9.90 Å². The average molecular weight is 330 g/mol. The fourth-order valence-electron chi connectivity index (χ4n) is 2.81. The lowest BCUT2D eigenvalue weighted by molar-refractivity contribution is 0.479. The van der Waals surface area contributed by atoms with Crippen LogP contribution >= 0.6 is 0 Å². The number of hydrogen-bond donors (Lipinski definition) is 3. The van der Waals surface area contributed by atoms with Gasteiger partial charge in [0.05, 0.1) is 11.1 Å². The molecule has 0 bridgehead atoms. The van der Waals surface area contributed by atoms with Crippen LogP contribution in [-0.4, -0.2) is 20.1 Å². The summed E-state index contributed by atoms with van der Waals surface area (Å²) in [5.74, 6) is 0.412. The molecule has 0 saturated heterocycles. The number of fused-ring (bicyclic) bond motifs is 1. The molecule has 2 aromatic carbocycles. The number of phenolic OH excluding ortho intramolecular Hbond substituents is 1. The second-order valence-corrected chi connectivity index (χ2v) is 5.57. The van der Waals surface area contributed by atoms with Crippen LogP contribution in [-0.2, 0) is 0 Å². The molecule has 0 atom stereocenters. The number of hydrogen-bond acceptors (Lipinski definition) is 5. The summed E-state index contributed by atoms with van der Waals surface area (Å²) in [7, 11) is 0. The minimum atomic E-state index is -0.344. The zero-order valence-electron chi connectivity index (χ0n) is 13.1. The summed E-state index contributed by atoms with van der Waals surface area (Å²) in [6, 6.07) is 16.5. The molecule has 0 fully saturated rings. The molecule has 4 N–H and O–H groups in total. The summed E-state index contributed by atoms with van der Waals surface area (Å²) in [4.78, 5) is 23.0. The first-order valence-corrected chi connectivity index (χ1v) is 7.68. The molecule has 2 aromatic heterocycles. The monoisotopic (exact) mass is 330 g/mol. The van der Waals surface area contributed by atoms with Crippen LogP contribution < -0.4 is 11.3 Å². The number of para-hydroxylation sites is 1. The molecular weight excluding hydrogens is 316 g/mol. The maximum atomic E-state index is 11.9. The topological polar surface area (TPSA) is 105 Å². The number of nitrogens with one attached hydrogen (secondary N) is 1. The Balaban J connectivity index is 1.94. The quantitative estimate of drug-likeness (QED) is 0.524. The molecule has 0 saturated carbocycles. The number of pyridine rings is 1. The summed E-state index contributed by atoms with van der Waals surface area (Å²) in [5.41, 5.74) is 8.03. The van der Waals surface area contributed by atoms with E-state index in [2.05, 4.69) is 15.0 Å². The number of benzene rings is 2. The standard InChI is InChI=1S/C19H14N4O2/c20-17-15-14(9-10-21-19(15)25)22-18(23-17)13-8-4-7-12(16(13)24)11-5-2-1-3-6-11/h1-10,24H,(H,21,25)(H2,20,22,23). The molecule has 0 unspecified atom stereocenters. The van der Waals surface area contributed by atoms with Gasteiger partial charge in [0, 0.05) is 11.8 Å². The Labute approximate surface area is 142 Å². The number of nitrogen functional groups attached to an aromatic ring is 1. The number of nitrogens with zero attached hydrogens (tertiary/aromatic N) is 2. The van der Waals surface area contributed by atoms with Crippen molar-refractivity contribution in [2.45, 2.75) is 0 Å². The highest BCUT2D eigenvalue weighted by molar-refractivity contribution is 5.89. The first kappa shape index (κ1) is 14.9. The maximum absolute atomic E-state index is 11.9. The SMILES string of the molecule is Nc1nc(-c2cccc(-c3ccccc3)c2O)nc2cc[nH]c(=O)c12. The van der Waals surface area contributed by atoms with Gasteiger partial charge in [-0.3, -0.25) is 4.79 Å². The van der Waals surface area contributed by atoms with Gasteiger partial charge < -0.3 is 15.8 Å². The van der Waals surface area contributed by atoms with Crippen molar-refractivity contribution in [1.29, 1.82) is 0 Å². The van der Waals surface area contributed by atoms with Crippen LogP contribution in [0.3, 0.4) is 0 Å². The van der Waals surface area contributed by atoms with Crippen molar-refractivity contribution in [1.82, 2.24) is 15.0 Å². The molecule has 122 valence electrons. The second-order valence-electron chi connectivity index (χ2n) is 5.57. The predicted molar refractivity (Wildman–Crippen MR) is 97.1 cm³/mol. The predicted octanol–water partition coefficient (Wildman–Crippen LogP) is 2.94. The van der Waals surface area contributed by atoms with Gasteiger partial charge >= 0.3 is 0 Å². The van der Waals surface area contributed by atoms with Gasteiger partial charge in [-0.05, 0) is 17.7 Å². The number of aromatic nitrogens is 3. The fraction of sp³-hybridized carbons (Fsp3) is 0. The Morgan fingerprint density at radius 2 is 1.68 bits per heavy atom. The van der Waals surface area contributed by atoms with Crippen LogP contribution in [0.25, 0.3) is 33.4 Å². The third-order valence-electron chi connectivity index (χ3n) is 4.01. The Morgan fingerprint density at radius 1 is 0.920 bits per heavy atom. The van der Waals surface area contributed by atoms with Crippen LogP contribution in [0.1, 0.15) is 0 Å². The zero-order chi connectivity index (χ0) is 17.4. The van der Waals surface area contributed by atoms with Gasteiger partial charge in [0.25, 0.3) is 5.56 Å². The van der Waals surface area contributed by atoms with E-state index >= 15 is 0 Å². The second kappa shape index (κ2) is 5.76. The van der Waals surface area contributed by atoms with Gasteiger partial charge in [0.2, 0.25) is 0 Å². The number of aromatic hydroxyl groups is 1. The number of aromatic amines is 1. The van der Waals surface area contributed by atoms with Gasteiger partial charge in [-0.2, -0.15) is 0 Å². The zero-order valence-corrected chi connectivity index (χ0v) is 13.1. The number of nitrogens with two attached hydrogens (primary N) is 1. The summed E-state index contributed by atoms with van der Waals surface area (Å²) < 4.78 is 0. The summed E-state index contributed by atoms with van der Waals surface area (Å²) in [6.07, 6.45) is 1.50. The molecule has 6 heteroatoms. The van der Waals surface area contributed by atoms with Crippen molar-refractivity contribution in [3.63, 3.8) is 0 Å². The molecule has 0 aliphatic carbocycles. The van der Waals surface area contributed by atoms with Crippen LogP contribution in [0, 0.1) is 0 Å². The highest BCUT2D eigenvalue weighted by atomic mass is 16.3. The summed E-state index contributed by atoms with van der Waals surface area (Å²) in [6.45, 7) is 0. The highest BCUT2D eigenvalue weighted by Crippen LogP contribution is 2.37. The minimum Gasteiger partial charge on any atom is -0.507 e. The molecule has 25 heavy (non-hydrogen) atoms. The third-order valence-corrected chi connectivity index (χ3v) is 4.01. The molecule has 6 nitrogen and oxygen atoms in total. The Kier molecular flexibility index (Phi) is 3.43. The van der Waals surface area contributed by atoms with E-state index in [0.29, 0.717) is 16.6 Å². The highest BCUT2D eigenvalue weighted by Gasteiger charge is 2.15. The molecule has 4 aromatic rings. The average Bonchev–Trinajstić information content (AvgIpc) is 2.62. The van der Waals surface area contributed by atoms with Gasteiger partial charge in [-0.25, -0.2) is 9.97 Å². The molecule has 2 heterocycles. The lowest BCUT2D eigenvalue weighted by Gasteiger charge is -2.10. The summed E-state index contributed by atoms with van der Waals surface area (Å²) in [5, 5.41) is 11.0. The molecule has 0 amide bonds. The fourth-order valence-corrected chi connectivity index (χ4v) is 2.81. The molecule has 0 spiro atoms. The van der Waals surface area contributed by atoms with E-state index in [-0.39, 0.29) is 28.3 Å². The molecule has 0 radical (unpaired) electrons. The van der Waals surface area contributed by atoms with Crippen molar-refractivity contribution in [3.05, 3.63) is 71.1 Å². The van der Waals surface area contributed by atoms with E-state index in [1.165, 1.54) is 6.20 Å². The first-order chi connectivity index (χ1) is 12.1. The van der Waals surface area contributed by atoms with Gasteiger partial charge in [-0.15, -0.1) is 0 Å². The van der Waals surface area contributed by atoms with Crippen LogP contribution in [0.2, 0.25) is 0 Å². The summed E-state index contributed by atoms with van der Waals surface area (Å²) >= 11 is 0. The van der Waals surface area contributed by atoms with Crippen LogP contribution in [0.4, 0.5) is 5.82 Å². The Hall–Kier alpha value is -3.67. The van der Waals surface area contributed by atoms with E-state index in [1.54, 1.807) is 12.1 Å². The number of anilines is 1.